The smallest absolute Gasteiger partial charge is 0.262 e. The van der Waals surface area contributed by atoms with Crippen molar-refractivity contribution in [1.82, 2.24) is 19.7 Å². The summed E-state index contributed by atoms with van der Waals surface area (Å²) < 4.78 is 6.92. The highest BCUT2D eigenvalue weighted by atomic mass is 32.2. The van der Waals surface area contributed by atoms with Crippen LogP contribution in [0.3, 0.4) is 0 Å². The van der Waals surface area contributed by atoms with Crippen molar-refractivity contribution in [2.45, 2.75) is 10.9 Å². The Kier molecular flexibility index (Phi) is 4.45. The molecule has 0 bridgehead atoms. The molecule has 0 saturated heterocycles. The maximum Gasteiger partial charge on any atom is 0.262 e. The summed E-state index contributed by atoms with van der Waals surface area (Å²) in [6.45, 7) is 0. The molecule has 130 valence electrons. The van der Waals surface area contributed by atoms with Gasteiger partial charge in [0.2, 0.25) is 0 Å². The quantitative estimate of drug-likeness (QED) is 0.434. The first-order valence-electron chi connectivity index (χ1n) is 8.04. The second kappa shape index (κ2) is 7.05. The maximum absolute atomic E-state index is 12.4. The Morgan fingerprint density at radius 3 is 2.81 bits per heavy atom. The van der Waals surface area contributed by atoms with Gasteiger partial charge in [0.15, 0.2) is 10.8 Å². The number of ether oxygens (including phenoxy) is 1. The van der Waals surface area contributed by atoms with Crippen LogP contribution in [0.4, 0.5) is 0 Å². The predicted molar refractivity (Wildman–Crippen MR) is 102 cm³/mol. The van der Waals surface area contributed by atoms with E-state index >= 15 is 0 Å². The third-order valence-electron chi connectivity index (χ3n) is 3.93. The summed E-state index contributed by atoms with van der Waals surface area (Å²) >= 11 is 1.47. The van der Waals surface area contributed by atoms with Gasteiger partial charge in [-0.15, -0.1) is 0 Å². The monoisotopic (exact) mass is 364 g/mol. The summed E-state index contributed by atoms with van der Waals surface area (Å²) in [5.41, 5.74) is 2.32. The topological polar surface area (TPSA) is 72.8 Å². The molecule has 2 heterocycles. The summed E-state index contributed by atoms with van der Waals surface area (Å²) in [6.07, 6.45) is 1.55. The Morgan fingerprint density at radius 2 is 2.00 bits per heavy atom. The van der Waals surface area contributed by atoms with Crippen LogP contribution >= 0.6 is 11.8 Å². The number of fused-ring (bicyclic) bond motifs is 1. The molecule has 0 atom stereocenters. The molecule has 0 aliphatic heterocycles. The lowest BCUT2D eigenvalue weighted by molar-refractivity contribution is 0.414. The molecule has 0 aliphatic carbocycles. The molecule has 2 aromatic heterocycles. The van der Waals surface area contributed by atoms with Crippen molar-refractivity contribution in [3.05, 3.63) is 76.7 Å². The van der Waals surface area contributed by atoms with Crippen LogP contribution in [0.1, 0.15) is 5.56 Å². The van der Waals surface area contributed by atoms with E-state index in [2.05, 4.69) is 15.1 Å². The zero-order valence-electron chi connectivity index (χ0n) is 14.0. The molecule has 2 aromatic carbocycles. The van der Waals surface area contributed by atoms with Crippen molar-refractivity contribution < 1.29 is 4.74 Å². The van der Waals surface area contributed by atoms with Gasteiger partial charge < -0.3 is 9.72 Å². The van der Waals surface area contributed by atoms with Gasteiger partial charge in [-0.3, -0.25) is 4.79 Å². The molecule has 4 rings (SSSR count). The number of H-pyrrole nitrogens is 1. The summed E-state index contributed by atoms with van der Waals surface area (Å²) in [5.74, 6) is 1.48. The molecule has 26 heavy (non-hydrogen) atoms. The highest BCUT2D eigenvalue weighted by Crippen LogP contribution is 2.23. The Labute approximate surface area is 153 Å². The Balaban J connectivity index is 1.67. The molecular formula is C19H16N4O2S. The molecule has 0 radical (unpaired) electrons. The van der Waals surface area contributed by atoms with E-state index < -0.39 is 0 Å². The van der Waals surface area contributed by atoms with Crippen LogP contribution < -0.4 is 10.3 Å². The minimum Gasteiger partial charge on any atom is -0.497 e. The molecule has 0 amide bonds. The normalized spacial score (nSPS) is 11.0. The number of aromatic amines is 1. The lowest BCUT2D eigenvalue weighted by Gasteiger charge is -2.05. The molecular weight excluding hydrogens is 348 g/mol. The summed E-state index contributed by atoms with van der Waals surface area (Å²) in [6, 6.07) is 17.5. The van der Waals surface area contributed by atoms with Gasteiger partial charge in [-0.25, -0.2) is 9.67 Å². The second-order valence-corrected chi connectivity index (χ2v) is 6.60. The molecule has 6 nitrogen and oxygen atoms in total. The number of nitrogens with zero attached hydrogens (tertiary/aromatic N) is 3. The average molecular weight is 364 g/mol. The van der Waals surface area contributed by atoms with E-state index in [1.165, 1.54) is 11.8 Å². The van der Waals surface area contributed by atoms with Gasteiger partial charge in [0, 0.05) is 5.75 Å². The lowest BCUT2D eigenvalue weighted by Crippen LogP contribution is -2.09. The number of benzene rings is 2. The largest absolute Gasteiger partial charge is 0.497 e. The summed E-state index contributed by atoms with van der Waals surface area (Å²) in [4.78, 5) is 19.8. The Bertz CT molecular complexity index is 1110. The first kappa shape index (κ1) is 16.4. The SMILES string of the molecule is COc1cccc(CSc2nc3c(cnn3-c3ccccc3)c(=O)[nH]2)c1. The molecule has 0 spiro atoms. The maximum atomic E-state index is 12.4. The minimum atomic E-state index is -0.190. The third-order valence-corrected chi connectivity index (χ3v) is 4.87. The predicted octanol–water partition coefficient (Wildman–Crippen LogP) is 3.41. The van der Waals surface area contributed by atoms with Gasteiger partial charge in [-0.1, -0.05) is 42.1 Å². The van der Waals surface area contributed by atoms with E-state index in [4.69, 9.17) is 4.74 Å². The fourth-order valence-corrected chi connectivity index (χ4v) is 3.44. The van der Waals surface area contributed by atoms with E-state index in [-0.39, 0.29) is 5.56 Å². The molecule has 0 fully saturated rings. The molecule has 1 N–H and O–H groups in total. The first-order chi connectivity index (χ1) is 12.7. The van der Waals surface area contributed by atoms with Gasteiger partial charge in [-0.2, -0.15) is 5.10 Å². The molecule has 0 saturated carbocycles. The minimum absolute atomic E-state index is 0.190. The van der Waals surface area contributed by atoms with Gasteiger partial charge in [0.05, 0.1) is 19.0 Å². The van der Waals surface area contributed by atoms with E-state index in [1.807, 2.05) is 54.6 Å². The van der Waals surface area contributed by atoms with Crippen LogP contribution in [0.5, 0.6) is 5.75 Å². The molecule has 0 aliphatic rings. The van der Waals surface area contributed by atoms with Gasteiger partial charge in [0.25, 0.3) is 5.56 Å². The van der Waals surface area contributed by atoms with Crippen LogP contribution in [0.2, 0.25) is 0 Å². The van der Waals surface area contributed by atoms with Crippen LogP contribution in [0.15, 0.2) is 70.7 Å². The van der Waals surface area contributed by atoms with Crippen LogP contribution in [0.25, 0.3) is 16.7 Å². The van der Waals surface area contributed by atoms with Crippen LogP contribution in [-0.2, 0) is 5.75 Å². The highest BCUT2D eigenvalue weighted by molar-refractivity contribution is 7.98. The number of nitrogens with one attached hydrogen (secondary N) is 1. The number of hydrogen-bond donors (Lipinski definition) is 1. The van der Waals surface area contributed by atoms with Crippen molar-refractivity contribution >= 4 is 22.8 Å². The number of methoxy groups -OCH3 is 1. The van der Waals surface area contributed by atoms with Gasteiger partial charge in [0.1, 0.15) is 11.1 Å². The number of hydrogen-bond acceptors (Lipinski definition) is 5. The first-order valence-corrected chi connectivity index (χ1v) is 9.02. The van der Waals surface area contributed by atoms with Crippen molar-refractivity contribution in [1.29, 1.82) is 0 Å². The van der Waals surface area contributed by atoms with Gasteiger partial charge >= 0.3 is 0 Å². The second-order valence-electron chi connectivity index (χ2n) is 5.64. The van der Waals surface area contributed by atoms with E-state index in [9.17, 15) is 4.79 Å². The number of thioether (sulfide) groups is 1. The lowest BCUT2D eigenvalue weighted by atomic mass is 10.2. The van der Waals surface area contributed by atoms with Crippen molar-refractivity contribution in [3.8, 4) is 11.4 Å². The zero-order valence-corrected chi connectivity index (χ0v) is 14.9. The Morgan fingerprint density at radius 1 is 1.15 bits per heavy atom. The standard InChI is InChI=1S/C19H16N4O2S/c1-25-15-9-5-6-13(10-15)12-26-19-21-17-16(18(24)22-19)11-20-23(17)14-7-3-2-4-8-14/h2-11H,12H2,1H3,(H,21,22,24). The Hall–Kier alpha value is -3.06. The number of rotatable bonds is 5. The summed E-state index contributed by atoms with van der Waals surface area (Å²) in [7, 11) is 1.64. The van der Waals surface area contributed by atoms with Crippen molar-refractivity contribution in [2.24, 2.45) is 0 Å². The third kappa shape index (κ3) is 3.21. The zero-order chi connectivity index (χ0) is 17.9. The van der Waals surface area contributed by atoms with Crippen LogP contribution in [-0.4, -0.2) is 26.9 Å². The highest BCUT2D eigenvalue weighted by Gasteiger charge is 2.12. The van der Waals surface area contributed by atoms with E-state index in [0.717, 1.165) is 17.0 Å². The van der Waals surface area contributed by atoms with Gasteiger partial charge in [-0.05, 0) is 29.8 Å². The fourth-order valence-electron chi connectivity index (χ4n) is 2.64. The van der Waals surface area contributed by atoms with E-state index in [1.54, 1.807) is 18.0 Å². The van der Waals surface area contributed by atoms with Crippen molar-refractivity contribution in [3.63, 3.8) is 0 Å². The molecule has 0 unspecified atom stereocenters. The number of para-hydroxylation sites is 1. The van der Waals surface area contributed by atoms with E-state index in [0.29, 0.717) is 21.9 Å². The molecule has 4 aromatic rings. The average Bonchev–Trinajstić information content (AvgIpc) is 3.12. The fraction of sp³-hybridized carbons (Fsp3) is 0.105. The van der Waals surface area contributed by atoms with Crippen LogP contribution in [0, 0.1) is 0 Å². The molecule has 7 heteroatoms. The van der Waals surface area contributed by atoms with Crippen molar-refractivity contribution in [2.75, 3.05) is 7.11 Å². The number of aromatic nitrogens is 4. The summed E-state index contributed by atoms with van der Waals surface area (Å²) in [5, 5.41) is 5.35.